The van der Waals surface area contributed by atoms with E-state index in [4.69, 9.17) is 5.73 Å². The molecule has 4 amide bonds. The molecule has 1 aliphatic heterocycles. The average molecular weight is 496 g/mol. The van der Waals surface area contributed by atoms with Crippen molar-refractivity contribution in [2.75, 3.05) is 16.8 Å². The number of halogens is 3. The lowest BCUT2D eigenvalue weighted by atomic mass is 9.95. The average Bonchev–Trinajstić information content (AvgIpc) is 2.85. The van der Waals surface area contributed by atoms with Gasteiger partial charge in [0.25, 0.3) is 5.91 Å². The summed E-state index contributed by atoms with van der Waals surface area (Å²) in [4.78, 5) is 39.6. The Balaban J connectivity index is 1.55. The molecule has 0 bridgehead atoms. The van der Waals surface area contributed by atoms with E-state index in [0.29, 0.717) is 30.6 Å². The van der Waals surface area contributed by atoms with Gasteiger partial charge in [-0.1, -0.05) is 42.5 Å². The number of hydrogen-bond acceptors (Lipinski definition) is 3. The number of benzene rings is 3. The molecule has 1 fully saturated rings. The number of alkyl halides is 3. The van der Waals surface area contributed by atoms with E-state index in [1.54, 1.807) is 18.2 Å². The lowest BCUT2D eigenvalue weighted by Gasteiger charge is -2.34. The molecule has 0 spiro atoms. The zero-order chi connectivity index (χ0) is 25.9. The maximum Gasteiger partial charge on any atom is 0.416 e. The SMILES string of the molecule is NC(=O)c1cccc(-c2ccccc2)c1N1CCCC(NC(=O)Nc2ccc(C(F)(F)F)cc2)C1=O. The summed E-state index contributed by atoms with van der Waals surface area (Å²) in [5.74, 6) is -1.11. The van der Waals surface area contributed by atoms with Gasteiger partial charge in [0, 0.05) is 17.8 Å². The minimum absolute atomic E-state index is 0.144. The molecule has 3 aromatic rings. The molecule has 0 saturated carbocycles. The van der Waals surface area contributed by atoms with Gasteiger partial charge in [-0.3, -0.25) is 9.59 Å². The van der Waals surface area contributed by atoms with Crippen molar-refractivity contribution in [1.82, 2.24) is 5.32 Å². The first-order valence-electron chi connectivity index (χ1n) is 11.2. The van der Waals surface area contributed by atoms with Gasteiger partial charge in [0.1, 0.15) is 6.04 Å². The van der Waals surface area contributed by atoms with Crippen LogP contribution in [-0.2, 0) is 11.0 Å². The van der Waals surface area contributed by atoms with Crippen molar-refractivity contribution in [2.45, 2.75) is 25.1 Å². The number of para-hydroxylation sites is 1. The molecule has 0 radical (unpaired) electrons. The summed E-state index contributed by atoms with van der Waals surface area (Å²) in [7, 11) is 0. The summed E-state index contributed by atoms with van der Waals surface area (Å²) in [5, 5.41) is 5.04. The standard InChI is InChI=1S/C26H23F3N4O3/c27-26(28,29)17-11-13-18(14-12-17)31-25(36)32-21-10-5-15-33(24(21)35)22-19(16-6-2-1-3-7-16)8-4-9-20(22)23(30)34/h1-4,6-9,11-14,21H,5,10,15H2,(H2,30,34)(H2,31,32,36). The Morgan fingerprint density at radius 3 is 2.28 bits per heavy atom. The first-order chi connectivity index (χ1) is 17.1. The molecule has 3 aromatic carbocycles. The van der Waals surface area contributed by atoms with Gasteiger partial charge in [0.05, 0.1) is 16.8 Å². The normalized spacial score (nSPS) is 15.9. The Morgan fingerprint density at radius 1 is 0.944 bits per heavy atom. The van der Waals surface area contributed by atoms with Gasteiger partial charge in [0.15, 0.2) is 0 Å². The summed E-state index contributed by atoms with van der Waals surface area (Å²) in [6.45, 7) is 0.321. The fraction of sp³-hybridized carbons (Fsp3) is 0.192. The molecule has 1 aliphatic rings. The second-order valence-corrected chi connectivity index (χ2v) is 8.29. The maximum atomic E-state index is 13.4. The van der Waals surface area contributed by atoms with Crippen molar-refractivity contribution >= 4 is 29.2 Å². The zero-order valence-corrected chi connectivity index (χ0v) is 19.0. The fourth-order valence-corrected chi connectivity index (χ4v) is 4.18. The van der Waals surface area contributed by atoms with Crippen molar-refractivity contribution in [2.24, 2.45) is 5.73 Å². The van der Waals surface area contributed by atoms with E-state index in [9.17, 15) is 27.6 Å². The van der Waals surface area contributed by atoms with Gasteiger partial charge >= 0.3 is 12.2 Å². The molecular formula is C26H23F3N4O3. The monoisotopic (exact) mass is 496 g/mol. The predicted octanol–water partition coefficient (Wildman–Crippen LogP) is 4.79. The Morgan fingerprint density at radius 2 is 1.64 bits per heavy atom. The number of nitrogens with two attached hydrogens (primary N) is 1. The quantitative estimate of drug-likeness (QED) is 0.473. The summed E-state index contributed by atoms with van der Waals surface area (Å²) < 4.78 is 38.3. The number of amides is 4. The Kier molecular flexibility index (Phi) is 6.96. The van der Waals surface area contributed by atoms with Crippen LogP contribution in [-0.4, -0.2) is 30.4 Å². The van der Waals surface area contributed by atoms with Crippen LogP contribution in [0.1, 0.15) is 28.8 Å². The minimum atomic E-state index is -4.49. The summed E-state index contributed by atoms with van der Waals surface area (Å²) >= 11 is 0. The topological polar surface area (TPSA) is 105 Å². The molecule has 1 unspecified atom stereocenters. The van der Waals surface area contributed by atoms with Crippen LogP contribution in [0.2, 0.25) is 0 Å². The van der Waals surface area contributed by atoms with E-state index < -0.39 is 35.6 Å². The smallest absolute Gasteiger partial charge is 0.366 e. The first-order valence-corrected chi connectivity index (χ1v) is 11.2. The number of piperidine rings is 1. The fourth-order valence-electron chi connectivity index (χ4n) is 4.18. The van der Waals surface area contributed by atoms with Gasteiger partial charge in [-0.2, -0.15) is 13.2 Å². The zero-order valence-electron chi connectivity index (χ0n) is 19.0. The molecule has 1 heterocycles. The molecule has 4 rings (SSSR count). The van der Waals surface area contributed by atoms with Crippen LogP contribution in [0.25, 0.3) is 11.1 Å². The van der Waals surface area contributed by atoms with E-state index >= 15 is 0 Å². The second-order valence-electron chi connectivity index (χ2n) is 8.29. The Hall–Kier alpha value is -4.34. The molecule has 10 heteroatoms. The van der Waals surface area contributed by atoms with Crippen LogP contribution in [0, 0.1) is 0 Å². The van der Waals surface area contributed by atoms with Crippen molar-refractivity contribution in [1.29, 1.82) is 0 Å². The highest BCUT2D eigenvalue weighted by molar-refractivity contribution is 6.10. The molecule has 4 N–H and O–H groups in total. The Labute approximate surface area is 205 Å². The largest absolute Gasteiger partial charge is 0.416 e. The molecular weight excluding hydrogens is 473 g/mol. The van der Waals surface area contributed by atoms with E-state index in [0.717, 1.165) is 29.8 Å². The van der Waals surface area contributed by atoms with Gasteiger partial charge < -0.3 is 21.3 Å². The third kappa shape index (κ3) is 5.32. The highest BCUT2D eigenvalue weighted by Gasteiger charge is 2.34. The molecule has 0 aliphatic carbocycles. The molecule has 1 saturated heterocycles. The van der Waals surface area contributed by atoms with Crippen LogP contribution < -0.4 is 21.3 Å². The molecule has 186 valence electrons. The summed E-state index contributed by atoms with van der Waals surface area (Å²) in [6, 6.07) is 16.6. The van der Waals surface area contributed by atoms with Gasteiger partial charge in [-0.15, -0.1) is 0 Å². The first kappa shape index (κ1) is 24.8. The van der Waals surface area contributed by atoms with Gasteiger partial charge in [-0.25, -0.2) is 4.79 Å². The molecule has 0 aromatic heterocycles. The van der Waals surface area contributed by atoms with Crippen molar-refractivity contribution < 1.29 is 27.6 Å². The van der Waals surface area contributed by atoms with Crippen LogP contribution in [0.5, 0.6) is 0 Å². The maximum absolute atomic E-state index is 13.4. The Bertz CT molecular complexity index is 1280. The van der Waals surface area contributed by atoms with Crippen LogP contribution >= 0.6 is 0 Å². The number of carbonyl (C=O) groups excluding carboxylic acids is 3. The number of carbonyl (C=O) groups is 3. The van der Waals surface area contributed by atoms with E-state index in [-0.39, 0.29) is 11.3 Å². The second kappa shape index (κ2) is 10.1. The van der Waals surface area contributed by atoms with Crippen LogP contribution in [0.3, 0.4) is 0 Å². The molecule has 1 atom stereocenters. The lowest BCUT2D eigenvalue weighted by Crippen LogP contribution is -2.53. The van der Waals surface area contributed by atoms with Crippen molar-refractivity contribution in [3.63, 3.8) is 0 Å². The van der Waals surface area contributed by atoms with E-state index in [1.807, 2.05) is 30.3 Å². The van der Waals surface area contributed by atoms with E-state index in [1.165, 1.54) is 4.90 Å². The van der Waals surface area contributed by atoms with Crippen LogP contribution in [0.4, 0.5) is 29.3 Å². The van der Waals surface area contributed by atoms with Gasteiger partial charge in [-0.05, 0) is 48.7 Å². The highest BCUT2D eigenvalue weighted by Crippen LogP contribution is 2.36. The summed E-state index contributed by atoms with van der Waals surface area (Å²) in [6.07, 6.45) is -3.59. The predicted molar refractivity (Wildman–Crippen MR) is 129 cm³/mol. The number of rotatable bonds is 5. The number of nitrogens with zero attached hydrogens (tertiary/aromatic N) is 1. The third-order valence-corrected chi connectivity index (χ3v) is 5.87. The number of hydrogen-bond donors (Lipinski definition) is 3. The lowest BCUT2D eigenvalue weighted by molar-refractivity contribution is -0.137. The molecule has 7 nitrogen and oxygen atoms in total. The van der Waals surface area contributed by atoms with Crippen molar-refractivity contribution in [3.8, 4) is 11.1 Å². The number of nitrogens with one attached hydrogen (secondary N) is 2. The van der Waals surface area contributed by atoms with Crippen LogP contribution in [0.15, 0.2) is 72.8 Å². The number of anilines is 2. The highest BCUT2D eigenvalue weighted by atomic mass is 19.4. The van der Waals surface area contributed by atoms with Crippen molar-refractivity contribution in [3.05, 3.63) is 83.9 Å². The van der Waals surface area contributed by atoms with E-state index in [2.05, 4.69) is 10.6 Å². The third-order valence-electron chi connectivity index (χ3n) is 5.87. The number of urea groups is 1. The minimum Gasteiger partial charge on any atom is -0.366 e. The number of primary amides is 1. The molecule has 36 heavy (non-hydrogen) atoms. The summed E-state index contributed by atoms with van der Waals surface area (Å²) in [5.41, 5.74) is 6.92. The van der Waals surface area contributed by atoms with Gasteiger partial charge in [0.2, 0.25) is 5.91 Å².